The Hall–Kier alpha value is -7.88. The molecule has 0 bridgehead atoms. The normalized spacial score (nSPS) is 11.7. The number of furan rings is 2. The van der Waals surface area contributed by atoms with E-state index < -0.39 is 0 Å². The van der Waals surface area contributed by atoms with E-state index in [1.807, 2.05) is 12.1 Å². The Balaban J connectivity index is 0.996. The Bertz CT molecular complexity index is 3550. The van der Waals surface area contributed by atoms with E-state index in [4.69, 9.17) is 8.83 Å². The van der Waals surface area contributed by atoms with Crippen LogP contribution in [0.3, 0.4) is 0 Å². The van der Waals surface area contributed by atoms with Gasteiger partial charge in [0, 0.05) is 38.5 Å². The standard InChI is InChI=1S/C56H35NO2/c1-3-16-44-37(11-1)13-8-19-45(44)41-15-7-14-40(35-41)36-25-30-42(31-26-36)57(51-22-10-24-53-54(51)50-34-29-38-12-2-4-17-46(38)56(50)59-53)43-32-27-39(28-33-43)47-20-9-21-49-48-18-5-6-23-52(48)58-55(47)49/h1-35H. The minimum atomic E-state index is 0.855. The number of hydrogen-bond donors (Lipinski definition) is 0. The van der Waals surface area contributed by atoms with Crippen LogP contribution in [0.25, 0.3) is 98.8 Å². The molecule has 0 atom stereocenters. The zero-order valence-corrected chi connectivity index (χ0v) is 32.0. The molecule has 276 valence electrons. The number of hydrogen-bond acceptors (Lipinski definition) is 3. The van der Waals surface area contributed by atoms with Crippen LogP contribution in [0.1, 0.15) is 0 Å². The van der Waals surface area contributed by atoms with Gasteiger partial charge in [-0.05, 0) is 98.6 Å². The fourth-order valence-corrected chi connectivity index (χ4v) is 9.06. The molecule has 2 aromatic heterocycles. The molecule has 0 saturated heterocycles. The lowest BCUT2D eigenvalue weighted by Gasteiger charge is -2.26. The summed E-state index contributed by atoms with van der Waals surface area (Å²) < 4.78 is 13.1. The Morgan fingerprint density at radius 3 is 1.71 bits per heavy atom. The third-order valence-corrected chi connectivity index (χ3v) is 11.9. The second kappa shape index (κ2) is 13.4. The van der Waals surface area contributed by atoms with Gasteiger partial charge in [0.2, 0.25) is 0 Å². The summed E-state index contributed by atoms with van der Waals surface area (Å²) in [5, 5.41) is 9.19. The highest BCUT2D eigenvalue weighted by molar-refractivity contribution is 6.19. The van der Waals surface area contributed by atoms with Crippen molar-refractivity contribution in [1.82, 2.24) is 0 Å². The average molecular weight is 754 g/mol. The first-order valence-electron chi connectivity index (χ1n) is 20.1. The third-order valence-electron chi connectivity index (χ3n) is 11.9. The van der Waals surface area contributed by atoms with E-state index in [-0.39, 0.29) is 0 Å². The highest BCUT2D eigenvalue weighted by Crippen LogP contribution is 2.45. The second-order valence-corrected chi connectivity index (χ2v) is 15.2. The lowest BCUT2D eigenvalue weighted by Crippen LogP contribution is -2.10. The maximum atomic E-state index is 6.69. The maximum absolute atomic E-state index is 6.69. The summed E-state index contributed by atoms with van der Waals surface area (Å²) in [4.78, 5) is 2.36. The van der Waals surface area contributed by atoms with Crippen LogP contribution < -0.4 is 4.90 Å². The molecule has 3 nitrogen and oxygen atoms in total. The third kappa shape index (κ3) is 5.44. The molecule has 0 unspecified atom stereocenters. The molecule has 0 aliphatic carbocycles. The van der Waals surface area contributed by atoms with Gasteiger partial charge in [-0.1, -0.05) is 158 Å². The van der Waals surface area contributed by atoms with Crippen molar-refractivity contribution in [3.05, 3.63) is 212 Å². The first kappa shape index (κ1) is 33.3. The molecule has 0 aliphatic heterocycles. The molecule has 0 aliphatic rings. The Morgan fingerprint density at radius 2 is 0.881 bits per heavy atom. The zero-order chi connectivity index (χ0) is 38.9. The van der Waals surface area contributed by atoms with Crippen LogP contribution in [0.4, 0.5) is 17.1 Å². The van der Waals surface area contributed by atoms with Gasteiger partial charge in [-0.2, -0.15) is 0 Å². The van der Waals surface area contributed by atoms with Crippen LogP contribution in [0.5, 0.6) is 0 Å². The van der Waals surface area contributed by atoms with E-state index in [0.29, 0.717) is 0 Å². The second-order valence-electron chi connectivity index (χ2n) is 15.2. The predicted octanol–water partition coefficient (Wildman–Crippen LogP) is 16.3. The Kier molecular flexibility index (Phi) is 7.54. The Morgan fingerprint density at radius 1 is 0.305 bits per heavy atom. The molecule has 0 radical (unpaired) electrons. The molecule has 0 N–H and O–H groups in total. The number of para-hydroxylation sites is 2. The number of benzene rings is 10. The van der Waals surface area contributed by atoms with E-state index in [2.05, 4.69) is 205 Å². The summed E-state index contributed by atoms with van der Waals surface area (Å²) in [6, 6.07) is 75.7. The Labute approximate surface area is 340 Å². The highest BCUT2D eigenvalue weighted by atomic mass is 16.3. The lowest BCUT2D eigenvalue weighted by atomic mass is 9.95. The van der Waals surface area contributed by atoms with Gasteiger partial charge >= 0.3 is 0 Å². The van der Waals surface area contributed by atoms with Crippen molar-refractivity contribution in [2.45, 2.75) is 0 Å². The molecule has 0 fully saturated rings. The summed E-state index contributed by atoms with van der Waals surface area (Å²) in [7, 11) is 0. The van der Waals surface area contributed by atoms with Crippen molar-refractivity contribution < 1.29 is 8.83 Å². The molecule has 0 spiro atoms. The van der Waals surface area contributed by atoms with E-state index >= 15 is 0 Å². The van der Waals surface area contributed by atoms with Gasteiger partial charge in [0.1, 0.15) is 22.3 Å². The lowest BCUT2D eigenvalue weighted by molar-refractivity contribution is 0.670. The van der Waals surface area contributed by atoms with Crippen molar-refractivity contribution in [1.29, 1.82) is 0 Å². The van der Waals surface area contributed by atoms with Crippen LogP contribution in [-0.4, -0.2) is 0 Å². The van der Waals surface area contributed by atoms with Crippen molar-refractivity contribution in [2.75, 3.05) is 4.90 Å². The fraction of sp³-hybridized carbons (Fsp3) is 0. The van der Waals surface area contributed by atoms with Crippen LogP contribution in [0.2, 0.25) is 0 Å². The molecule has 0 amide bonds. The predicted molar refractivity (Wildman–Crippen MR) is 247 cm³/mol. The monoisotopic (exact) mass is 753 g/mol. The van der Waals surface area contributed by atoms with Gasteiger partial charge in [0.15, 0.2) is 0 Å². The molecule has 2 heterocycles. The zero-order valence-electron chi connectivity index (χ0n) is 32.0. The van der Waals surface area contributed by atoms with E-state index in [1.54, 1.807) is 0 Å². The largest absolute Gasteiger partial charge is 0.455 e. The van der Waals surface area contributed by atoms with Gasteiger partial charge in [-0.15, -0.1) is 0 Å². The topological polar surface area (TPSA) is 29.5 Å². The molecule has 59 heavy (non-hydrogen) atoms. The molecule has 3 heteroatoms. The van der Waals surface area contributed by atoms with Crippen LogP contribution in [-0.2, 0) is 0 Å². The fourth-order valence-electron chi connectivity index (χ4n) is 9.06. The van der Waals surface area contributed by atoms with Crippen LogP contribution in [0.15, 0.2) is 221 Å². The molecule has 10 aromatic carbocycles. The van der Waals surface area contributed by atoms with Crippen molar-refractivity contribution in [2.24, 2.45) is 0 Å². The first-order chi connectivity index (χ1) is 29.2. The summed E-state index contributed by atoms with van der Waals surface area (Å²) >= 11 is 0. The van der Waals surface area contributed by atoms with Gasteiger partial charge in [-0.3, -0.25) is 0 Å². The minimum absolute atomic E-state index is 0.855. The van der Waals surface area contributed by atoms with Crippen molar-refractivity contribution in [3.8, 4) is 33.4 Å². The number of nitrogens with zero attached hydrogens (tertiary/aromatic N) is 1. The maximum Gasteiger partial charge on any atom is 0.143 e. The van der Waals surface area contributed by atoms with E-state index in [1.165, 1.54) is 27.5 Å². The van der Waals surface area contributed by atoms with Crippen molar-refractivity contribution in [3.63, 3.8) is 0 Å². The number of anilines is 3. The summed E-state index contributed by atoms with van der Waals surface area (Å²) in [6.45, 7) is 0. The van der Waals surface area contributed by atoms with Gasteiger partial charge in [-0.25, -0.2) is 0 Å². The number of fused-ring (bicyclic) bond motifs is 9. The quantitative estimate of drug-likeness (QED) is 0.169. The highest BCUT2D eigenvalue weighted by Gasteiger charge is 2.21. The molecule has 12 rings (SSSR count). The van der Waals surface area contributed by atoms with E-state index in [0.717, 1.165) is 88.4 Å². The van der Waals surface area contributed by atoms with E-state index in [9.17, 15) is 0 Å². The number of rotatable bonds is 6. The van der Waals surface area contributed by atoms with Gasteiger partial charge < -0.3 is 13.7 Å². The summed E-state index contributed by atoms with van der Waals surface area (Å²) in [5.74, 6) is 0. The van der Waals surface area contributed by atoms with Crippen LogP contribution >= 0.6 is 0 Å². The van der Waals surface area contributed by atoms with Crippen LogP contribution in [0, 0.1) is 0 Å². The van der Waals surface area contributed by atoms with Gasteiger partial charge in [0.25, 0.3) is 0 Å². The first-order valence-corrected chi connectivity index (χ1v) is 20.1. The van der Waals surface area contributed by atoms with Crippen molar-refractivity contribution >= 4 is 82.5 Å². The molecular weight excluding hydrogens is 719 g/mol. The smallest absolute Gasteiger partial charge is 0.143 e. The molecule has 12 aromatic rings. The summed E-state index contributed by atoms with van der Waals surface area (Å²) in [6.07, 6.45) is 0. The molecule has 0 saturated carbocycles. The van der Waals surface area contributed by atoms with Gasteiger partial charge in [0.05, 0.1) is 11.1 Å². The average Bonchev–Trinajstić information content (AvgIpc) is 3.89. The summed E-state index contributed by atoms with van der Waals surface area (Å²) in [5.41, 5.74) is 13.6. The minimum Gasteiger partial charge on any atom is -0.455 e. The molecular formula is C56H35NO2. The SMILES string of the molecule is c1cc(-c2ccc(N(c3ccc(-c4cccc5c4oc4ccccc45)cc3)c3cccc4oc5c6ccccc6ccc5c34)cc2)cc(-c2cccc3ccccc23)c1.